The molecule has 0 radical (unpaired) electrons. The lowest BCUT2D eigenvalue weighted by atomic mass is 10.0. The highest BCUT2D eigenvalue weighted by molar-refractivity contribution is 6.31. The number of carboxylic acids is 1. The van der Waals surface area contributed by atoms with Gasteiger partial charge in [0.1, 0.15) is 16.7 Å². The van der Waals surface area contributed by atoms with Crippen LogP contribution in [0.1, 0.15) is 28.2 Å². The number of hydrogen-bond acceptors (Lipinski definition) is 3. The number of rotatable bonds is 5. The molecule has 0 aliphatic rings. The van der Waals surface area contributed by atoms with E-state index in [9.17, 15) is 18.4 Å². The third kappa shape index (κ3) is 3.16. The number of Topliss-reactive ketones (excluding diaryl/α,β-unsaturated/α-hetero) is 1. The third-order valence-corrected chi connectivity index (χ3v) is 2.66. The second kappa shape index (κ2) is 5.77. The molecule has 0 bridgehead atoms. The summed E-state index contributed by atoms with van der Waals surface area (Å²) in [7, 11) is 0. The first-order chi connectivity index (χ1) is 8.34. The summed E-state index contributed by atoms with van der Waals surface area (Å²) in [6.45, 7) is -1.99. The topological polar surface area (TPSA) is 63.6 Å². The molecule has 0 aliphatic carbocycles. The SMILES string of the molecule is CC(=O)C(Cl)c1cccc(OC(F)F)c1C(=O)O. The van der Waals surface area contributed by atoms with Gasteiger partial charge in [-0.2, -0.15) is 8.78 Å². The fourth-order valence-electron chi connectivity index (χ4n) is 1.40. The molecule has 1 N–H and O–H groups in total. The van der Waals surface area contributed by atoms with Crippen LogP contribution in [0.5, 0.6) is 5.75 Å². The molecule has 18 heavy (non-hydrogen) atoms. The third-order valence-electron chi connectivity index (χ3n) is 2.12. The minimum atomic E-state index is -3.16. The molecule has 0 aliphatic heterocycles. The van der Waals surface area contributed by atoms with Crippen molar-refractivity contribution >= 4 is 23.4 Å². The molecule has 0 saturated carbocycles. The van der Waals surface area contributed by atoms with Crippen LogP contribution < -0.4 is 4.74 Å². The number of hydrogen-bond donors (Lipinski definition) is 1. The van der Waals surface area contributed by atoms with E-state index in [1.165, 1.54) is 19.1 Å². The van der Waals surface area contributed by atoms with Crippen LogP contribution in [0.2, 0.25) is 0 Å². The first-order valence-electron chi connectivity index (χ1n) is 4.80. The summed E-state index contributed by atoms with van der Waals surface area (Å²) in [5, 5.41) is 7.77. The van der Waals surface area contributed by atoms with Gasteiger partial charge in [0.2, 0.25) is 0 Å². The van der Waals surface area contributed by atoms with Crippen molar-refractivity contribution in [2.45, 2.75) is 18.9 Å². The van der Waals surface area contributed by atoms with Crippen molar-refractivity contribution in [1.82, 2.24) is 0 Å². The molecular formula is C11H9ClF2O4. The van der Waals surface area contributed by atoms with Gasteiger partial charge in [0.15, 0.2) is 5.78 Å². The molecule has 1 rings (SSSR count). The smallest absolute Gasteiger partial charge is 0.387 e. The Balaban J connectivity index is 3.34. The number of benzene rings is 1. The van der Waals surface area contributed by atoms with E-state index in [2.05, 4.69) is 4.74 Å². The summed E-state index contributed by atoms with van der Waals surface area (Å²) in [5.41, 5.74) is -0.609. The van der Waals surface area contributed by atoms with Gasteiger partial charge in [-0.1, -0.05) is 12.1 Å². The second-order valence-corrected chi connectivity index (χ2v) is 3.81. The van der Waals surface area contributed by atoms with Crippen molar-refractivity contribution in [3.8, 4) is 5.75 Å². The first kappa shape index (κ1) is 14.4. The van der Waals surface area contributed by atoms with E-state index in [1.54, 1.807) is 0 Å². The normalized spacial score (nSPS) is 12.3. The number of carboxylic acid groups (broad SMARTS) is 1. The van der Waals surface area contributed by atoms with Gasteiger partial charge in [0.05, 0.1) is 0 Å². The molecule has 0 heterocycles. The molecule has 98 valence electrons. The Hall–Kier alpha value is -1.69. The number of alkyl halides is 3. The van der Waals surface area contributed by atoms with Crippen molar-refractivity contribution in [2.75, 3.05) is 0 Å². The van der Waals surface area contributed by atoms with Crippen molar-refractivity contribution < 1.29 is 28.2 Å². The van der Waals surface area contributed by atoms with Gasteiger partial charge < -0.3 is 9.84 Å². The van der Waals surface area contributed by atoms with Gasteiger partial charge in [-0.3, -0.25) is 4.79 Å². The minimum Gasteiger partial charge on any atom is -0.478 e. The number of halogens is 3. The average molecular weight is 279 g/mol. The van der Waals surface area contributed by atoms with E-state index in [0.29, 0.717) is 0 Å². The highest BCUT2D eigenvalue weighted by Gasteiger charge is 2.25. The molecule has 0 saturated heterocycles. The molecule has 7 heteroatoms. The van der Waals surface area contributed by atoms with E-state index in [4.69, 9.17) is 16.7 Å². The first-order valence-corrected chi connectivity index (χ1v) is 5.23. The highest BCUT2D eigenvalue weighted by Crippen LogP contribution is 2.31. The van der Waals surface area contributed by atoms with E-state index < -0.39 is 35.1 Å². The van der Waals surface area contributed by atoms with Crippen LogP contribution in [-0.2, 0) is 4.79 Å². The number of aromatic carboxylic acids is 1. The summed E-state index contributed by atoms with van der Waals surface area (Å²) >= 11 is 5.74. The van der Waals surface area contributed by atoms with Crippen LogP contribution in [0.4, 0.5) is 8.78 Å². The molecular weight excluding hydrogens is 270 g/mol. The fourth-order valence-corrected chi connectivity index (χ4v) is 1.58. The lowest BCUT2D eigenvalue weighted by molar-refractivity contribution is -0.116. The summed E-state index contributed by atoms with van der Waals surface area (Å²) in [5.74, 6) is -2.51. The van der Waals surface area contributed by atoms with Gasteiger partial charge in [0, 0.05) is 0 Å². The van der Waals surface area contributed by atoms with E-state index >= 15 is 0 Å². The Bertz CT molecular complexity index is 476. The molecule has 1 unspecified atom stereocenters. The van der Waals surface area contributed by atoms with Gasteiger partial charge in [-0.05, 0) is 18.6 Å². The van der Waals surface area contributed by atoms with Crippen LogP contribution in [0.3, 0.4) is 0 Å². The van der Waals surface area contributed by atoms with E-state index in [-0.39, 0.29) is 5.56 Å². The maximum absolute atomic E-state index is 12.1. The Morgan fingerprint density at radius 1 is 1.39 bits per heavy atom. The Kier molecular flexibility index (Phi) is 4.61. The predicted molar refractivity (Wildman–Crippen MR) is 59.3 cm³/mol. The number of carbonyl (C=O) groups excluding carboxylic acids is 1. The Morgan fingerprint density at radius 2 is 2.00 bits per heavy atom. The molecule has 1 atom stereocenters. The highest BCUT2D eigenvalue weighted by atomic mass is 35.5. The minimum absolute atomic E-state index is 0.0742. The van der Waals surface area contributed by atoms with Crippen molar-refractivity contribution in [2.24, 2.45) is 0 Å². The number of carbonyl (C=O) groups is 2. The molecule has 4 nitrogen and oxygen atoms in total. The van der Waals surface area contributed by atoms with Crippen molar-refractivity contribution in [3.05, 3.63) is 29.3 Å². The standard InChI is InChI=1S/C11H9ClF2O4/c1-5(15)9(12)6-3-2-4-7(18-11(13)14)8(6)10(16)17/h2-4,9,11H,1H3,(H,16,17). The molecule has 0 fully saturated rings. The van der Waals surface area contributed by atoms with Gasteiger partial charge >= 0.3 is 12.6 Å². The zero-order chi connectivity index (χ0) is 13.9. The zero-order valence-corrected chi connectivity index (χ0v) is 9.95. The molecule has 0 amide bonds. The van der Waals surface area contributed by atoms with E-state index in [0.717, 1.165) is 6.07 Å². The number of ether oxygens (including phenoxy) is 1. The van der Waals surface area contributed by atoms with Crippen LogP contribution in [-0.4, -0.2) is 23.5 Å². The molecule has 1 aromatic rings. The van der Waals surface area contributed by atoms with E-state index in [1.807, 2.05) is 0 Å². The summed E-state index contributed by atoms with van der Waals surface area (Å²) < 4.78 is 28.4. The van der Waals surface area contributed by atoms with Crippen molar-refractivity contribution in [1.29, 1.82) is 0 Å². The average Bonchev–Trinajstić information content (AvgIpc) is 2.26. The predicted octanol–water partition coefficient (Wildman–Crippen LogP) is 2.86. The van der Waals surface area contributed by atoms with Crippen molar-refractivity contribution in [3.63, 3.8) is 0 Å². The largest absolute Gasteiger partial charge is 0.478 e. The van der Waals surface area contributed by atoms with Crippen LogP contribution in [0.25, 0.3) is 0 Å². The Labute approximate surface area is 106 Å². The zero-order valence-electron chi connectivity index (χ0n) is 9.19. The summed E-state index contributed by atoms with van der Waals surface area (Å²) in [4.78, 5) is 22.2. The molecule has 1 aromatic carbocycles. The quantitative estimate of drug-likeness (QED) is 0.841. The Morgan fingerprint density at radius 3 is 2.44 bits per heavy atom. The summed E-state index contributed by atoms with van der Waals surface area (Å²) in [6, 6.07) is 3.64. The monoisotopic (exact) mass is 278 g/mol. The van der Waals surface area contributed by atoms with Crippen LogP contribution >= 0.6 is 11.6 Å². The fraction of sp³-hybridized carbons (Fsp3) is 0.273. The summed E-state index contributed by atoms with van der Waals surface area (Å²) in [6.07, 6.45) is 0. The van der Waals surface area contributed by atoms with Gasteiger partial charge in [0.25, 0.3) is 0 Å². The lowest BCUT2D eigenvalue weighted by Gasteiger charge is -2.14. The van der Waals surface area contributed by atoms with Crippen LogP contribution in [0.15, 0.2) is 18.2 Å². The van der Waals surface area contributed by atoms with Gasteiger partial charge in [-0.15, -0.1) is 11.6 Å². The molecule has 0 spiro atoms. The molecule has 0 aromatic heterocycles. The number of ketones is 1. The second-order valence-electron chi connectivity index (χ2n) is 3.38. The van der Waals surface area contributed by atoms with Gasteiger partial charge in [-0.25, -0.2) is 4.79 Å². The maximum atomic E-state index is 12.1. The van der Waals surface area contributed by atoms with Crippen LogP contribution in [0, 0.1) is 0 Å². The maximum Gasteiger partial charge on any atom is 0.387 e. The lowest BCUT2D eigenvalue weighted by Crippen LogP contribution is -2.13.